The highest BCUT2D eigenvalue weighted by molar-refractivity contribution is 5.68. The van der Waals surface area contributed by atoms with Gasteiger partial charge in [0.2, 0.25) is 0 Å². The van der Waals surface area contributed by atoms with E-state index in [1.165, 1.54) is 12.8 Å². The van der Waals surface area contributed by atoms with E-state index in [1.807, 2.05) is 20.8 Å². The summed E-state index contributed by atoms with van der Waals surface area (Å²) in [7, 11) is 0. The van der Waals surface area contributed by atoms with Crippen molar-refractivity contribution in [3.63, 3.8) is 0 Å². The minimum Gasteiger partial charge on any atom is -0.481 e. The number of hydrogen-bond donors (Lipinski definition) is 3. The molecule has 2 heterocycles. The molecule has 0 aliphatic carbocycles. The third kappa shape index (κ3) is 6.75. The number of alkyl carbamates (subject to hydrolysis) is 1. The second kappa shape index (κ2) is 6.92. The Hall–Kier alpha value is -1.30. The zero-order chi connectivity index (χ0) is 15.3. The molecule has 0 aromatic rings. The van der Waals surface area contributed by atoms with Gasteiger partial charge >= 0.3 is 6.09 Å². The molecule has 2 bridgehead atoms. The van der Waals surface area contributed by atoms with Crippen LogP contribution in [-0.4, -0.2) is 40.9 Å². The summed E-state index contributed by atoms with van der Waals surface area (Å²) in [5, 5.41) is 13.9. The lowest BCUT2D eigenvalue weighted by Crippen LogP contribution is -2.49. The van der Waals surface area contributed by atoms with Crippen LogP contribution >= 0.6 is 0 Å². The molecule has 0 spiro atoms. The molecule has 20 heavy (non-hydrogen) atoms. The number of carboxylic acids is 1. The zero-order valence-electron chi connectivity index (χ0n) is 12.7. The van der Waals surface area contributed by atoms with Crippen molar-refractivity contribution >= 4 is 12.1 Å². The van der Waals surface area contributed by atoms with Crippen molar-refractivity contribution in [2.24, 2.45) is 0 Å². The molecule has 2 unspecified atom stereocenters. The van der Waals surface area contributed by atoms with Gasteiger partial charge in [-0.25, -0.2) is 4.79 Å². The molecule has 1 amide bonds. The van der Waals surface area contributed by atoms with Gasteiger partial charge in [-0.05, 0) is 46.5 Å². The fourth-order valence-electron chi connectivity index (χ4n) is 2.65. The highest BCUT2D eigenvalue weighted by atomic mass is 16.6. The molecule has 2 aliphatic rings. The summed E-state index contributed by atoms with van der Waals surface area (Å²) in [6.45, 7) is 6.75. The van der Waals surface area contributed by atoms with Crippen LogP contribution in [0.4, 0.5) is 4.79 Å². The molecule has 2 fully saturated rings. The first-order chi connectivity index (χ1) is 9.15. The van der Waals surface area contributed by atoms with Gasteiger partial charge in [-0.2, -0.15) is 0 Å². The first-order valence-corrected chi connectivity index (χ1v) is 7.11. The lowest BCUT2D eigenvalue weighted by Gasteiger charge is -2.30. The van der Waals surface area contributed by atoms with Crippen LogP contribution in [0.2, 0.25) is 0 Å². The molecule has 6 heteroatoms. The average Bonchev–Trinajstić information content (AvgIpc) is 2.54. The number of rotatable bonds is 1. The van der Waals surface area contributed by atoms with Crippen molar-refractivity contribution in [2.45, 2.75) is 77.1 Å². The van der Waals surface area contributed by atoms with E-state index in [-0.39, 0.29) is 12.1 Å². The van der Waals surface area contributed by atoms with E-state index in [0.717, 1.165) is 19.8 Å². The number of amides is 1. The SMILES string of the molecule is CC(=O)O.CC(C)(C)OC(=O)NC1CC2CCC(C1)N2. The maximum Gasteiger partial charge on any atom is 0.407 e. The molecular weight excluding hydrogens is 260 g/mol. The Labute approximate surface area is 120 Å². The predicted octanol–water partition coefficient (Wildman–Crippen LogP) is 1.89. The van der Waals surface area contributed by atoms with Crippen LogP contribution < -0.4 is 10.6 Å². The predicted molar refractivity (Wildman–Crippen MR) is 75.6 cm³/mol. The Morgan fingerprint density at radius 3 is 2.05 bits per heavy atom. The van der Waals surface area contributed by atoms with Crippen LogP contribution in [0, 0.1) is 0 Å². The summed E-state index contributed by atoms with van der Waals surface area (Å²) in [5.74, 6) is -0.833. The minimum absolute atomic E-state index is 0.279. The lowest BCUT2D eigenvalue weighted by atomic mass is 10.0. The summed E-state index contributed by atoms with van der Waals surface area (Å²) in [4.78, 5) is 20.6. The zero-order valence-corrected chi connectivity index (χ0v) is 12.7. The number of fused-ring (bicyclic) bond motifs is 2. The third-order valence-corrected chi connectivity index (χ3v) is 3.19. The first-order valence-electron chi connectivity index (χ1n) is 7.11. The van der Waals surface area contributed by atoms with Gasteiger partial charge in [-0.1, -0.05) is 0 Å². The van der Waals surface area contributed by atoms with E-state index in [1.54, 1.807) is 0 Å². The molecule has 2 aliphatic heterocycles. The molecule has 2 saturated heterocycles. The standard InChI is InChI=1S/C12H22N2O2.C2H4O2/c1-12(2,3)16-11(15)14-10-6-8-4-5-9(7-10)13-8;1-2(3)4/h8-10,13H,4-7H2,1-3H3,(H,14,15);1H3,(H,3,4). The van der Waals surface area contributed by atoms with Crippen LogP contribution in [-0.2, 0) is 9.53 Å². The lowest BCUT2D eigenvalue weighted by molar-refractivity contribution is -0.134. The van der Waals surface area contributed by atoms with Crippen LogP contribution in [0.15, 0.2) is 0 Å². The maximum atomic E-state index is 11.6. The molecule has 0 saturated carbocycles. The summed E-state index contributed by atoms with van der Waals surface area (Å²) in [6, 6.07) is 1.48. The smallest absolute Gasteiger partial charge is 0.407 e. The molecule has 0 aromatic carbocycles. The highest BCUT2D eigenvalue weighted by Gasteiger charge is 2.34. The minimum atomic E-state index is -0.833. The number of carboxylic acid groups (broad SMARTS) is 1. The molecular formula is C14H26N2O4. The molecule has 2 atom stereocenters. The van der Waals surface area contributed by atoms with Crippen LogP contribution in [0.25, 0.3) is 0 Å². The molecule has 0 aromatic heterocycles. The van der Waals surface area contributed by atoms with Crippen molar-refractivity contribution in [1.82, 2.24) is 10.6 Å². The fraction of sp³-hybridized carbons (Fsp3) is 0.857. The highest BCUT2D eigenvalue weighted by Crippen LogP contribution is 2.26. The van der Waals surface area contributed by atoms with E-state index in [2.05, 4.69) is 10.6 Å². The van der Waals surface area contributed by atoms with Crippen LogP contribution in [0.1, 0.15) is 53.4 Å². The number of aliphatic carboxylic acids is 1. The van der Waals surface area contributed by atoms with Gasteiger partial charge in [0.1, 0.15) is 5.60 Å². The molecule has 6 nitrogen and oxygen atoms in total. The Morgan fingerprint density at radius 2 is 1.65 bits per heavy atom. The monoisotopic (exact) mass is 286 g/mol. The van der Waals surface area contributed by atoms with Gasteiger partial charge in [0.05, 0.1) is 0 Å². The summed E-state index contributed by atoms with van der Waals surface area (Å²) in [6.07, 6.45) is 4.29. The molecule has 0 radical (unpaired) electrons. The number of piperidine rings is 1. The summed E-state index contributed by atoms with van der Waals surface area (Å²) in [5.41, 5.74) is -0.407. The van der Waals surface area contributed by atoms with E-state index >= 15 is 0 Å². The second-order valence-electron chi connectivity index (χ2n) is 6.47. The van der Waals surface area contributed by atoms with Crippen LogP contribution in [0.5, 0.6) is 0 Å². The third-order valence-electron chi connectivity index (χ3n) is 3.19. The van der Waals surface area contributed by atoms with Gasteiger partial charge in [-0.3, -0.25) is 4.79 Å². The van der Waals surface area contributed by atoms with E-state index in [0.29, 0.717) is 12.1 Å². The number of ether oxygens (including phenoxy) is 1. The molecule has 3 N–H and O–H groups in total. The van der Waals surface area contributed by atoms with Crippen molar-refractivity contribution in [2.75, 3.05) is 0 Å². The maximum absolute atomic E-state index is 11.6. The van der Waals surface area contributed by atoms with E-state index in [9.17, 15) is 4.79 Å². The normalized spacial score (nSPS) is 28.1. The van der Waals surface area contributed by atoms with Gasteiger partial charge in [-0.15, -0.1) is 0 Å². The van der Waals surface area contributed by atoms with Crippen molar-refractivity contribution in [3.8, 4) is 0 Å². The van der Waals surface area contributed by atoms with Crippen LogP contribution in [0.3, 0.4) is 0 Å². The molecule has 2 rings (SSSR count). The van der Waals surface area contributed by atoms with E-state index < -0.39 is 11.6 Å². The number of carbonyl (C=O) groups excluding carboxylic acids is 1. The number of carbonyl (C=O) groups is 2. The van der Waals surface area contributed by atoms with Gasteiger partial charge < -0.3 is 20.5 Å². The van der Waals surface area contributed by atoms with Gasteiger partial charge in [0, 0.05) is 25.0 Å². The Kier molecular flexibility index (Phi) is 5.80. The Balaban J connectivity index is 0.000000444. The topological polar surface area (TPSA) is 87.7 Å². The quantitative estimate of drug-likeness (QED) is 0.685. The first kappa shape index (κ1) is 16.8. The molecule has 116 valence electrons. The van der Waals surface area contributed by atoms with Gasteiger partial charge in [0.25, 0.3) is 5.97 Å². The second-order valence-corrected chi connectivity index (χ2v) is 6.47. The van der Waals surface area contributed by atoms with Gasteiger partial charge in [0.15, 0.2) is 0 Å². The van der Waals surface area contributed by atoms with Crippen molar-refractivity contribution < 1.29 is 19.4 Å². The number of nitrogens with one attached hydrogen (secondary N) is 2. The summed E-state index contributed by atoms with van der Waals surface area (Å²) < 4.78 is 5.26. The summed E-state index contributed by atoms with van der Waals surface area (Å²) >= 11 is 0. The average molecular weight is 286 g/mol. The fourth-order valence-corrected chi connectivity index (χ4v) is 2.65. The Morgan fingerprint density at radius 1 is 1.20 bits per heavy atom. The Bertz CT molecular complexity index is 336. The largest absolute Gasteiger partial charge is 0.481 e. The van der Waals surface area contributed by atoms with E-state index in [4.69, 9.17) is 14.6 Å². The van der Waals surface area contributed by atoms with Crippen molar-refractivity contribution in [1.29, 1.82) is 0 Å². The van der Waals surface area contributed by atoms with Crippen molar-refractivity contribution in [3.05, 3.63) is 0 Å². The number of hydrogen-bond acceptors (Lipinski definition) is 4.